The van der Waals surface area contributed by atoms with Crippen LogP contribution in [0.5, 0.6) is 0 Å². The fourth-order valence-electron chi connectivity index (χ4n) is 2.74. The summed E-state index contributed by atoms with van der Waals surface area (Å²) in [6.45, 7) is 5.67. The largest absolute Gasteiger partial charge is 0.456 e. The van der Waals surface area contributed by atoms with Gasteiger partial charge in [0.25, 0.3) is 0 Å². The lowest BCUT2D eigenvalue weighted by Gasteiger charge is -2.22. The van der Waals surface area contributed by atoms with Crippen molar-refractivity contribution in [3.63, 3.8) is 0 Å². The van der Waals surface area contributed by atoms with Crippen LogP contribution in [0, 0.1) is 0 Å². The van der Waals surface area contributed by atoms with Crippen molar-refractivity contribution in [2.75, 3.05) is 0 Å². The maximum atomic E-state index is 12.2. The van der Waals surface area contributed by atoms with Crippen molar-refractivity contribution in [1.29, 1.82) is 0 Å². The average Bonchev–Trinajstić information content (AvgIpc) is 2.42. The summed E-state index contributed by atoms with van der Waals surface area (Å²) >= 11 is 0. The second kappa shape index (κ2) is 5.03. The van der Waals surface area contributed by atoms with Crippen LogP contribution in [0.2, 0.25) is 0 Å². The fourth-order valence-corrected chi connectivity index (χ4v) is 2.74. The molecule has 2 aromatic rings. The second-order valence-corrected chi connectivity index (χ2v) is 6.61. The maximum Gasteiger partial charge on any atom is 0.338 e. The van der Waals surface area contributed by atoms with Gasteiger partial charge in [0.1, 0.15) is 5.60 Å². The molecule has 0 amide bonds. The molecule has 108 valence electrons. The SMILES string of the molecule is CC(C)(C)OC(=O)c1ccc2c(c1)Cc1ccccc1C2. The van der Waals surface area contributed by atoms with Gasteiger partial charge in [-0.3, -0.25) is 0 Å². The molecule has 0 saturated carbocycles. The van der Waals surface area contributed by atoms with Gasteiger partial charge in [-0.1, -0.05) is 30.3 Å². The number of rotatable bonds is 1. The standard InChI is InChI=1S/C19H20O2/c1-19(2,3)21-18(20)16-9-8-15-10-13-6-4-5-7-14(13)11-17(15)12-16/h4-9,12H,10-11H2,1-3H3. The Balaban J connectivity index is 1.88. The molecule has 2 heteroatoms. The first-order valence-electron chi connectivity index (χ1n) is 7.34. The Morgan fingerprint density at radius 2 is 1.48 bits per heavy atom. The van der Waals surface area contributed by atoms with Crippen molar-refractivity contribution in [3.05, 3.63) is 70.3 Å². The van der Waals surface area contributed by atoms with Gasteiger partial charge < -0.3 is 4.74 Å². The minimum atomic E-state index is -0.459. The normalized spacial score (nSPS) is 13.3. The van der Waals surface area contributed by atoms with E-state index < -0.39 is 5.60 Å². The van der Waals surface area contributed by atoms with Crippen LogP contribution >= 0.6 is 0 Å². The molecule has 2 nitrogen and oxygen atoms in total. The molecule has 0 bridgehead atoms. The van der Waals surface area contributed by atoms with Gasteiger partial charge in [-0.15, -0.1) is 0 Å². The lowest BCUT2D eigenvalue weighted by molar-refractivity contribution is 0.00694. The topological polar surface area (TPSA) is 26.3 Å². The van der Waals surface area contributed by atoms with Crippen molar-refractivity contribution in [1.82, 2.24) is 0 Å². The first-order chi connectivity index (χ1) is 9.92. The van der Waals surface area contributed by atoms with Gasteiger partial charge in [0.05, 0.1) is 5.56 Å². The van der Waals surface area contributed by atoms with Crippen molar-refractivity contribution in [3.8, 4) is 0 Å². The minimum Gasteiger partial charge on any atom is -0.456 e. The summed E-state index contributed by atoms with van der Waals surface area (Å²) in [6, 6.07) is 14.4. The second-order valence-electron chi connectivity index (χ2n) is 6.61. The maximum absolute atomic E-state index is 12.2. The van der Waals surface area contributed by atoms with E-state index in [1.165, 1.54) is 22.3 Å². The highest BCUT2D eigenvalue weighted by Gasteiger charge is 2.20. The first-order valence-corrected chi connectivity index (χ1v) is 7.34. The van der Waals surface area contributed by atoms with Crippen molar-refractivity contribution in [2.45, 2.75) is 39.2 Å². The molecule has 1 aliphatic carbocycles. The molecular weight excluding hydrogens is 260 g/mol. The molecule has 0 heterocycles. The lowest BCUT2D eigenvalue weighted by Crippen LogP contribution is -2.24. The minimum absolute atomic E-state index is 0.246. The van der Waals surface area contributed by atoms with Crippen LogP contribution in [0.4, 0.5) is 0 Å². The van der Waals surface area contributed by atoms with Crippen LogP contribution in [0.25, 0.3) is 0 Å². The van der Waals surface area contributed by atoms with E-state index in [0.717, 1.165) is 12.8 Å². The van der Waals surface area contributed by atoms with Gasteiger partial charge in [-0.25, -0.2) is 4.79 Å². The van der Waals surface area contributed by atoms with Gasteiger partial charge in [-0.05, 0) is 68.0 Å². The summed E-state index contributed by atoms with van der Waals surface area (Å²) in [5.41, 5.74) is 5.46. The summed E-state index contributed by atoms with van der Waals surface area (Å²) in [4.78, 5) is 12.2. The molecule has 0 N–H and O–H groups in total. The summed E-state index contributed by atoms with van der Waals surface area (Å²) in [5.74, 6) is -0.246. The predicted octanol–water partition coefficient (Wildman–Crippen LogP) is 4.14. The van der Waals surface area contributed by atoms with Crippen molar-refractivity contribution >= 4 is 5.97 Å². The van der Waals surface area contributed by atoms with E-state index in [-0.39, 0.29) is 5.97 Å². The number of carbonyl (C=O) groups is 1. The van der Waals surface area contributed by atoms with Gasteiger partial charge in [0.2, 0.25) is 0 Å². The number of ether oxygens (including phenoxy) is 1. The Bertz CT molecular complexity index is 693. The van der Waals surface area contributed by atoms with E-state index >= 15 is 0 Å². The van der Waals surface area contributed by atoms with Crippen LogP contribution in [0.1, 0.15) is 53.4 Å². The zero-order valence-electron chi connectivity index (χ0n) is 12.8. The molecule has 0 unspecified atom stereocenters. The zero-order chi connectivity index (χ0) is 15.0. The number of esters is 1. The Hall–Kier alpha value is -2.09. The Labute approximate surface area is 125 Å². The van der Waals surface area contributed by atoms with Crippen LogP contribution < -0.4 is 0 Å². The van der Waals surface area contributed by atoms with Gasteiger partial charge in [0.15, 0.2) is 0 Å². The van der Waals surface area contributed by atoms with E-state index in [1.807, 2.05) is 32.9 Å². The third kappa shape index (κ3) is 2.99. The van der Waals surface area contributed by atoms with E-state index in [2.05, 4.69) is 30.3 Å². The molecule has 0 spiro atoms. The number of hydrogen-bond donors (Lipinski definition) is 0. The summed E-state index contributed by atoms with van der Waals surface area (Å²) < 4.78 is 5.45. The summed E-state index contributed by atoms with van der Waals surface area (Å²) in [7, 11) is 0. The first kappa shape index (κ1) is 13.9. The highest BCUT2D eigenvalue weighted by Crippen LogP contribution is 2.28. The van der Waals surface area contributed by atoms with Crippen LogP contribution in [0.15, 0.2) is 42.5 Å². The highest BCUT2D eigenvalue weighted by atomic mass is 16.6. The van der Waals surface area contributed by atoms with Crippen molar-refractivity contribution < 1.29 is 9.53 Å². The monoisotopic (exact) mass is 280 g/mol. The molecule has 0 fully saturated rings. The van der Waals surface area contributed by atoms with E-state index in [0.29, 0.717) is 5.56 Å². The van der Waals surface area contributed by atoms with Gasteiger partial charge >= 0.3 is 5.97 Å². The third-order valence-corrected chi connectivity index (χ3v) is 3.72. The van der Waals surface area contributed by atoms with Gasteiger partial charge in [-0.2, -0.15) is 0 Å². The van der Waals surface area contributed by atoms with E-state index in [9.17, 15) is 4.79 Å². The average molecular weight is 280 g/mol. The molecule has 21 heavy (non-hydrogen) atoms. The van der Waals surface area contributed by atoms with E-state index in [4.69, 9.17) is 4.74 Å². The summed E-state index contributed by atoms with van der Waals surface area (Å²) in [6.07, 6.45) is 1.84. The number of fused-ring (bicyclic) bond motifs is 2. The number of hydrogen-bond acceptors (Lipinski definition) is 2. The number of benzene rings is 2. The molecule has 1 aliphatic rings. The smallest absolute Gasteiger partial charge is 0.338 e. The van der Waals surface area contributed by atoms with E-state index in [1.54, 1.807) is 0 Å². The molecule has 0 aliphatic heterocycles. The molecule has 0 saturated heterocycles. The lowest BCUT2D eigenvalue weighted by atomic mass is 9.85. The van der Waals surface area contributed by atoms with Gasteiger partial charge in [0, 0.05) is 0 Å². The zero-order valence-corrected chi connectivity index (χ0v) is 12.8. The van der Waals surface area contributed by atoms with Crippen molar-refractivity contribution in [2.24, 2.45) is 0 Å². The van der Waals surface area contributed by atoms with Crippen LogP contribution in [-0.4, -0.2) is 11.6 Å². The molecule has 2 aromatic carbocycles. The summed E-state index contributed by atoms with van der Waals surface area (Å²) in [5, 5.41) is 0. The van der Waals surface area contributed by atoms with Crippen LogP contribution in [-0.2, 0) is 17.6 Å². The third-order valence-electron chi connectivity index (χ3n) is 3.72. The predicted molar refractivity (Wildman–Crippen MR) is 83.7 cm³/mol. The molecule has 0 radical (unpaired) electrons. The highest BCUT2D eigenvalue weighted by molar-refractivity contribution is 5.90. The van der Waals surface area contributed by atoms with Crippen LogP contribution in [0.3, 0.4) is 0 Å². The number of carbonyl (C=O) groups excluding carboxylic acids is 1. The molecular formula is C19H20O2. The Morgan fingerprint density at radius 1 is 0.905 bits per heavy atom. The molecule has 0 atom stereocenters. The Morgan fingerprint density at radius 3 is 2.10 bits per heavy atom. The fraction of sp³-hybridized carbons (Fsp3) is 0.316. The Kier molecular flexibility index (Phi) is 3.32. The molecule has 0 aromatic heterocycles. The quantitative estimate of drug-likeness (QED) is 0.626. The molecule has 3 rings (SSSR count).